The van der Waals surface area contributed by atoms with Gasteiger partial charge in [-0.15, -0.1) is 0 Å². The van der Waals surface area contributed by atoms with Gasteiger partial charge in [-0.1, -0.05) is 59.4 Å². The normalized spacial score (nSPS) is 12.1. The Kier molecular flexibility index (Phi) is 6.82. The van der Waals surface area contributed by atoms with Crippen LogP contribution in [0.3, 0.4) is 0 Å². The summed E-state index contributed by atoms with van der Waals surface area (Å²) in [7, 11) is 1.73. The van der Waals surface area contributed by atoms with Gasteiger partial charge in [0.05, 0.1) is 10.0 Å². The molecule has 0 N–H and O–H groups in total. The molecule has 6 heteroatoms. The molecule has 127 valence electrons. The van der Waals surface area contributed by atoms with E-state index in [0.29, 0.717) is 38.6 Å². The van der Waals surface area contributed by atoms with Crippen molar-refractivity contribution < 1.29 is 4.79 Å². The number of hydrogen-bond acceptors (Lipinski definition) is 1. The fraction of sp³-hybridized carbons (Fsp3) is 0.222. The zero-order chi connectivity index (χ0) is 17.9. The van der Waals surface area contributed by atoms with Gasteiger partial charge in [0.25, 0.3) is 5.91 Å². The fourth-order valence-corrected chi connectivity index (χ4v) is 3.27. The van der Waals surface area contributed by atoms with Crippen LogP contribution in [0.15, 0.2) is 36.4 Å². The largest absolute Gasteiger partial charge is 0.341 e. The van der Waals surface area contributed by atoms with Gasteiger partial charge in [-0.3, -0.25) is 4.79 Å². The van der Waals surface area contributed by atoms with Crippen LogP contribution in [0.5, 0.6) is 0 Å². The van der Waals surface area contributed by atoms with Crippen LogP contribution in [0, 0.1) is 6.92 Å². The zero-order valence-corrected chi connectivity index (χ0v) is 16.1. The van der Waals surface area contributed by atoms with Crippen molar-refractivity contribution in [1.82, 2.24) is 4.90 Å². The first-order chi connectivity index (χ1) is 11.3. The fourth-order valence-electron chi connectivity index (χ4n) is 2.44. The Morgan fingerprint density at radius 1 is 1.04 bits per heavy atom. The Bertz CT molecular complexity index is 728. The van der Waals surface area contributed by atoms with Crippen LogP contribution in [-0.4, -0.2) is 24.4 Å². The van der Waals surface area contributed by atoms with Crippen molar-refractivity contribution in [2.75, 3.05) is 13.6 Å². The van der Waals surface area contributed by atoms with Crippen LogP contribution in [0.25, 0.3) is 0 Å². The highest BCUT2D eigenvalue weighted by molar-refractivity contribution is 6.42. The van der Waals surface area contributed by atoms with Gasteiger partial charge in [-0.05, 0) is 42.3 Å². The summed E-state index contributed by atoms with van der Waals surface area (Å²) in [6.07, 6.45) is 0.617. The molecule has 0 aliphatic rings. The lowest BCUT2D eigenvalue weighted by atomic mass is 9.96. The number of carbonyl (C=O) groups excluding carboxylic acids is 1. The summed E-state index contributed by atoms with van der Waals surface area (Å²) in [5.41, 5.74) is 1.44. The molecule has 2 rings (SSSR count). The van der Waals surface area contributed by atoms with Gasteiger partial charge >= 0.3 is 0 Å². The quantitative estimate of drug-likeness (QED) is 0.567. The van der Waals surface area contributed by atoms with E-state index in [9.17, 15) is 4.79 Å². The van der Waals surface area contributed by atoms with Crippen molar-refractivity contribution in [1.29, 1.82) is 0 Å². The Balaban J connectivity index is 2.17. The summed E-state index contributed by atoms with van der Waals surface area (Å²) >= 11 is 24.0. The van der Waals surface area contributed by atoms with Crippen molar-refractivity contribution in [3.05, 3.63) is 74.5 Å². The van der Waals surface area contributed by atoms with Crippen molar-refractivity contribution in [3.63, 3.8) is 0 Å². The van der Waals surface area contributed by atoms with Crippen molar-refractivity contribution in [3.8, 4) is 0 Å². The van der Waals surface area contributed by atoms with E-state index < -0.39 is 0 Å². The highest BCUT2D eigenvalue weighted by Crippen LogP contribution is 2.29. The monoisotopic (exact) mass is 402 g/mol. The van der Waals surface area contributed by atoms with Crippen LogP contribution in [-0.2, 0) is 0 Å². The van der Waals surface area contributed by atoms with E-state index in [-0.39, 0.29) is 11.8 Å². The second-order valence-corrected chi connectivity index (χ2v) is 7.19. The summed E-state index contributed by atoms with van der Waals surface area (Å²) in [5.74, 6) is -0.110. The second kappa shape index (κ2) is 8.44. The molecule has 2 nitrogen and oxygen atoms in total. The average molecular weight is 404 g/mol. The van der Waals surface area contributed by atoms with Crippen LogP contribution < -0.4 is 0 Å². The third-order valence-electron chi connectivity index (χ3n) is 3.71. The smallest absolute Gasteiger partial charge is 0.253 e. The predicted octanol–water partition coefficient (Wildman–Crippen LogP) is 6.38. The van der Waals surface area contributed by atoms with Gasteiger partial charge in [0.1, 0.15) is 0 Å². The van der Waals surface area contributed by atoms with Gasteiger partial charge < -0.3 is 4.90 Å². The summed E-state index contributed by atoms with van der Waals surface area (Å²) in [4.78, 5) is 14.2. The van der Waals surface area contributed by atoms with E-state index in [1.807, 2.05) is 12.1 Å². The van der Waals surface area contributed by atoms with E-state index in [0.717, 1.165) is 5.56 Å². The number of benzene rings is 2. The molecule has 24 heavy (non-hydrogen) atoms. The number of rotatable bonds is 5. The minimum Gasteiger partial charge on any atom is -0.341 e. The molecule has 2 aromatic rings. The number of hydrogen-bond donors (Lipinski definition) is 0. The first-order valence-electron chi connectivity index (χ1n) is 7.27. The molecular formula is C18H16Cl4NO. The molecule has 0 saturated carbocycles. The molecule has 0 heterocycles. The maximum atomic E-state index is 12.6. The van der Waals surface area contributed by atoms with Crippen molar-refractivity contribution in [2.45, 2.75) is 12.3 Å². The van der Waals surface area contributed by atoms with E-state index in [1.165, 1.54) is 0 Å². The lowest BCUT2D eigenvalue weighted by Crippen LogP contribution is -2.31. The first-order valence-corrected chi connectivity index (χ1v) is 8.78. The maximum Gasteiger partial charge on any atom is 0.253 e. The summed E-state index contributed by atoms with van der Waals surface area (Å²) in [5, 5.41) is 1.85. The van der Waals surface area contributed by atoms with E-state index in [1.54, 1.807) is 36.2 Å². The molecule has 0 fully saturated rings. The van der Waals surface area contributed by atoms with Gasteiger partial charge in [-0.2, -0.15) is 0 Å². The molecule has 1 atom stereocenters. The molecule has 0 aliphatic heterocycles. The lowest BCUT2D eigenvalue weighted by Gasteiger charge is -2.24. The Morgan fingerprint density at radius 3 is 2.21 bits per heavy atom. The minimum absolute atomic E-state index is 0.0448. The van der Waals surface area contributed by atoms with E-state index >= 15 is 0 Å². The lowest BCUT2D eigenvalue weighted by molar-refractivity contribution is 0.0786. The Labute approximate surface area is 162 Å². The third-order valence-corrected chi connectivity index (χ3v) is 4.89. The number of amides is 1. The molecule has 1 radical (unpaired) electrons. The third kappa shape index (κ3) is 4.80. The highest BCUT2D eigenvalue weighted by Gasteiger charge is 2.19. The van der Waals surface area contributed by atoms with Gasteiger partial charge in [0.2, 0.25) is 0 Å². The molecule has 0 spiro atoms. The SMILES string of the molecule is [CH2]C[C@H](CN(C)C(=O)c1cc(Cl)cc(Cl)c1)c1ccc(Cl)c(Cl)c1. The standard InChI is InChI=1S/C18H16Cl4NO/c1-3-11(12-4-5-16(21)17(22)8-12)10-23(2)18(24)13-6-14(19)9-15(20)7-13/h4-9,11H,1,3,10H2,2H3/t11-/m1/s1. The van der Waals surface area contributed by atoms with Crippen molar-refractivity contribution >= 4 is 52.3 Å². The van der Waals surface area contributed by atoms with Crippen LogP contribution >= 0.6 is 46.4 Å². The highest BCUT2D eigenvalue weighted by atomic mass is 35.5. The molecule has 0 aromatic heterocycles. The zero-order valence-electron chi connectivity index (χ0n) is 13.0. The first kappa shape index (κ1) is 19.4. The molecular weight excluding hydrogens is 388 g/mol. The Hall–Kier alpha value is -0.930. The van der Waals surface area contributed by atoms with E-state index in [2.05, 4.69) is 6.92 Å². The van der Waals surface area contributed by atoms with Crippen LogP contribution in [0.4, 0.5) is 0 Å². The maximum absolute atomic E-state index is 12.6. The Morgan fingerprint density at radius 2 is 1.67 bits per heavy atom. The molecule has 0 bridgehead atoms. The molecule has 0 unspecified atom stereocenters. The van der Waals surface area contributed by atoms with Gasteiger partial charge in [-0.25, -0.2) is 0 Å². The topological polar surface area (TPSA) is 20.3 Å². The average Bonchev–Trinajstić information content (AvgIpc) is 2.53. The number of carbonyl (C=O) groups is 1. The van der Waals surface area contributed by atoms with Crippen molar-refractivity contribution in [2.24, 2.45) is 0 Å². The van der Waals surface area contributed by atoms with Crippen LogP contribution in [0.2, 0.25) is 20.1 Å². The number of halogens is 4. The molecule has 0 saturated heterocycles. The minimum atomic E-state index is -0.155. The summed E-state index contributed by atoms with van der Waals surface area (Å²) in [6, 6.07) is 10.3. The van der Waals surface area contributed by atoms with Gasteiger partial charge in [0, 0.05) is 35.1 Å². The number of likely N-dealkylation sites (N-methyl/N-ethyl adjacent to an activating group) is 1. The van der Waals surface area contributed by atoms with Gasteiger partial charge in [0.15, 0.2) is 0 Å². The van der Waals surface area contributed by atoms with E-state index in [4.69, 9.17) is 46.4 Å². The molecule has 1 amide bonds. The van der Waals surface area contributed by atoms with Crippen LogP contribution in [0.1, 0.15) is 28.3 Å². The second-order valence-electron chi connectivity index (χ2n) is 5.50. The summed E-state index contributed by atoms with van der Waals surface area (Å²) < 4.78 is 0. The molecule has 0 aliphatic carbocycles. The number of nitrogens with zero attached hydrogens (tertiary/aromatic N) is 1. The predicted molar refractivity (Wildman–Crippen MR) is 103 cm³/mol. The molecule has 2 aromatic carbocycles. The summed E-state index contributed by atoms with van der Waals surface area (Å²) in [6.45, 7) is 4.46.